The highest BCUT2D eigenvalue weighted by atomic mass is 28.3. The monoisotopic (exact) mass is 692 g/mol. The molecule has 1 aliphatic carbocycles. The van der Waals surface area contributed by atoms with Crippen LogP contribution >= 0.6 is 0 Å². The molecule has 7 rings (SSSR count). The molecule has 1 aliphatic rings. The highest BCUT2D eigenvalue weighted by molar-refractivity contribution is 7.18. The van der Waals surface area contributed by atoms with Crippen molar-refractivity contribution in [1.82, 2.24) is 0 Å². The molecule has 6 aromatic rings. The minimum Gasteiger partial charge on any atom is -0.0636 e. The molecule has 0 fully saturated rings. The molecule has 0 spiro atoms. The zero-order valence-corrected chi connectivity index (χ0v) is 33.7. The summed E-state index contributed by atoms with van der Waals surface area (Å²) in [6.45, 7) is 23.7. The first kappa shape index (κ1) is 35.4. The molecule has 0 nitrogen and oxygen atoms in total. The van der Waals surface area contributed by atoms with Crippen molar-refractivity contribution in [2.75, 3.05) is 0 Å². The second-order valence-corrected chi connectivity index (χ2v) is 19.0. The van der Waals surface area contributed by atoms with E-state index in [0.717, 1.165) is 0 Å². The molecule has 0 bridgehead atoms. The van der Waals surface area contributed by atoms with Crippen molar-refractivity contribution < 1.29 is 0 Å². The molecule has 0 aliphatic heterocycles. The van der Waals surface area contributed by atoms with Crippen LogP contribution < -0.4 is 15.6 Å². The Bertz CT molecular complexity index is 2140. The van der Waals surface area contributed by atoms with Crippen LogP contribution in [0.3, 0.4) is 0 Å². The summed E-state index contributed by atoms with van der Waals surface area (Å²) < 4.78 is 0. The molecule has 0 saturated carbocycles. The van der Waals surface area contributed by atoms with Crippen molar-refractivity contribution in [2.45, 2.75) is 69.2 Å². The molecular formula is C51H52Si. The average Bonchev–Trinajstić information content (AvgIpc) is 3.32. The Morgan fingerprint density at radius 1 is 0.385 bits per heavy atom. The molecule has 260 valence electrons. The number of allylic oxidation sites excluding steroid dienone is 4. The minimum absolute atomic E-state index is 0.282. The van der Waals surface area contributed by atoms with Gasteiger partial charge in [-0.2, -0.15) is 0 Å². The Balaban J connectivity index is 1.86. The zero-order chi connectivity index (χ0) is 36.9. The summed E-state index contributed by atoms with van der Waals surface area (Å²) in [6.07, 6.45) is 0. The summed E-state index contributed by atoms with van der Waals surface area (Å²) in [6, 6.07) is 48.5. The molecule has 0 saturated heterocycles. The van der Waals surface area contributed by atoms with E-state index in [4.69, 9.17) is 0 Å². The standard InChI is InChI=1S/C51H52Si/c1-32-26-35(4)48(45(29-32)42-20-14-11-15-21-42)52(51-40(9)38(7)39(8)41(51)10,49-36(5)27-33(2)30-46(49)43-22-16-12-17-23-43)50-37(6)28-34(3)31-47(50)44-24-18-13-19-25-44/h11-31,40H,1-10H3. The normalized spacial score (nSPS) is 14.8. The summed E-state index contributed by atoms with van der Waals surface area (Å²) >= 11 is 0. The zero-order valence-electron chi connectivity index (χ0n) is 32.7. The van der Waals surface area contributed by atoms with Gasteiger partial charge in [0.2, 0.25) is 0 Å². The highest BCUT2D eigenvalue weighted by Crippen LogP contribution is 2.45. The third-order valence-corrected chi connectivity index (χ3v) is 17.7. The molecule has 0 aromatic heterocycles. The Hall–Kier alpha value is -4.98. The molecule has 1 unspecified atom stereocenters. The summed E-state index contributed by atoms with van der Waals surface area (Å²) in [5.74, 6) is 0.282. The predicted octanol–water partition coefficient (Wildman–Crippen LogP) is 11.9. The molecule has 0 radical (unpaired) electrons. The van der Waals surface area contributed by atoms with Gasteiger partial charge in [-0.15, -0.1) is 0 Å². The van der Waals surface area contributed by atoms with Gasteiger partial charge in [-0.3, -0.25) is 0 Å². The van der Waals surface area contributed by atoms with E-state index >= 15 is 0 Å². The second-order valence-electron chi connectivity index (χ2n) is 15.4. The van der Waals surface area contributed by atoms with Crippen molar-refractivity contribution in [3.8, 4) is 33.4 Å². The first-order valence-corrected chi connectivity index (χ1v) is 20.9. The second kappa shape index (κ2) is 13.9. The van der Waals surface area contributed by atoms with Gasteiger partial charge in [0, 0.05) is 0 Å². The molecule has 0 heterocycles. The lowest BCUT2D eigenvalue weighted by Crippen LogP contribution is -2.72. The first-order valence-electron chi connectivity index (χ1n) is 18.9. The van der Waals surface area contributed by atoms with E-state index in [-0.39, 0.29) is 5.92 Å². The smallest absolute Gasteiger partial charge is 0.0636 e. The fourth-order valence-electron chi connectivity index (χ4n) is 9.68. The highest BCUT2D eigenvalue weighted by Gasteiger charge is 2.53. The van der Waals surface area contributed by atoms with E-state index in [2.05, 4.69) is 197 Å². The first-order chi connectivity index (χ1) is 24.9. The molecule has 6 aromatic carbocycles. The van der Waals surface area contributed by atoms with Crippen LogP contribution in [0.5, 0.6) is 0 Å². The lowest BCUT2D eigenvalue weighted by molar-refractivity contribution is 0.851. The summed E-state index contributed by atoms with van der Waals surface area (Å²) in [4.78, 5) is 0. The molecule has 1 atom stereocenters. The number of benzene rings is 6. The topological polar surface area (TPSA) is 0 Å². The minimum atomic E-state index is -3.25. The number of hydrogen-bond acceptors (Lipinski definition) is 0. The van der Waals surface area contributed by atoms with Gasteiger partial charge in [0.15, 0.2) is 8.07 Å². The van der Waals surface area contributed by atoms with E-state index < -0.39 is 8.07 Å². The molecule has 0 N–H and O–H groups in total. The number of hydrogen-bond donors (Lipinski definition) is 0. The van der Waals surface area contributed by atoms with E-state index in [9.17, 15) is 0 Å². The van der Waals surface area contributed by atoms with Crippen molar-refractivity contribution >= 4 is 23.6 Å². The Morgan fingerprint density at radius 3 is 0.962 bits per heavy atom. The third kappa shape index (κ3) is 5.76. The quantitative estimate of drug-likeness (QED) is 0.115. The number of aryl methyl sites for hydroxylation is 6. The van der Waals surface area contributed by atoms with Crippen molar-refractivity contribution in [3.63, 3.8) is 0 Å². The van der Waals surface area contributed by atoms with Gasteiger partial charge in [0.25, 0.3) is 0 Å². The van der Waals surface area contributed by atoms with Crippen LogP contribution in [0.15, 0.2) is 149 Å². The lowest BCUT2D eigenvalue weighted by Gasteiger charge is -2.45. The van der Waals surface area contributed by atoms with Crippen LogP contribution in [0.25, 0.3) is 33.4 Å². The average molecular weight is 693 g/mol. The maximum Gasteiger partial charge on any atom is 0.179 e. The fourth-order valence-corrected chi connectivity index (χ4v) is 16.7. The fraction of sp³-hybridized carbons (Fsp3) is 0.216. The lowest BCUT2D eigenvalue weighted by atomic mass is 9.99. The van der Waals surface area contributed by atoms with Gasteiger partial charge in [-0.05, 0) is 139 Å². The van der Waals surface area contributed by atoms with Crippen LogP contribution in [0.4, 0.5) is 0 Å². The molecular weight excluding hydrogens is 641 g/mol. The van der Waals surface area contributed by atoms with Crippen molar-refractivity contribution in [1.29, 1.82) is 0 Å². The van der Waals surface area contributed by atoms with Gasteiger partial charge in [0.05, 0.1) is 0 Å². The van der Waals surface area contributed by atoms with Crippen molar-refractivity contribution in [2.24, 2.45) is 5.92 Å². The molecule has 1 heteroatoms. The maximum absolute atomic E-state index is 3.25. The van der Waals surface area contributed by atoms with Gasteiger partial charge >= 0.3 is 0 Å². The maximum atomic E-state index is 2.50. The summed E-state index contributed by atoms with van der Waals surface area (Å²) in [5.41, 5.74) is 20.3. The Labute approximate surface area is 313 Å². The Kier molecular flexibility index (Phi) is 9.44. The van der Waals surface area contributed by atoms with Crippen LogP contribution in [0.1, 0.15) is 61.1 Å². The van der Waals surface area contributed by atoms with Gasteiger partial charge < -0.3 is 0 Å². The van der Waals surface area contributed by atoms with Gasteiger partial charge in [-0.1, -0.05) is 167 Å². The van der Waals surface area contributed by atoms with E-state index in [1.807, 2.05) is 0 Å². The Morgan fingerprint density at radius 2 is 0.692 bits per heavy atom. The molecule has 52 heavy (non-hydrogen) atoms. The largest absolute Gasteiger partial charge is 0.179 e. The SMILES string of the molecule is CC1=C(C)C(C)C([Si](c2c(C)cc(C)cc2-c2ccccc2)(c2c(C)cc(C)cc2-c2ccccc2)c2c(C)cc(C)cc2-c2ccccc2)=C1C. The van der Waals surface area contributed by atoms with Crippen LogP contribution in [-0.4, -0.2) is 8.07 Å². The van der Waals surface area contributed by atoms with E-state index in [1.165, 1.54) is 99.0 Å². The van der Waals surface area contributed by atoms with Crippen LogP contribution in [-0.2, 0) is 0 Å². The van der Waals surface area contributed by atoms with Crippen molar-refractivity contribution in [3.05, 3.63) is 183 Å². The predicted molar refractivity (Wildman–Crippen MR) is 229 cm³/mol. The number of rotatable bonds is 7. The summed E-state index contributed by atoms with van der Waals surface area (Å²) in [5, 5.41) is 6.17. The molecule has 0 amide bonds. The van der Waals surface area contributed by atoms with Crippen LogP contribution in [0, 0.1) is 47.5 Å². The van der Waals surface area contributed by atoms with E-state index in [1.54, 1.807) is 5.20 Å². The summed E-state index contributed by atoms with van der Waals surface area (Å²) in [7, 11) is -3.25. The van der Waals surface area contributed by atoms with Crippen LogP contribution in [0.2, 0.25) is 0 Å². The van der Waals surface area contributed by atoms with Gasteiger partial charge in [0.1, 0.15) is 0 Å². The third-order valence-electron chi connectivity index (χ3n) is 11.9. The van der Waals surface area contributed by atoms with Gasteiger partial charge in [-0.25, -0.2) is 0 Å². The van der Waals surface area contributed by atoms with E-state index in [0.29, 0.717) is 0 Å².